The molecule has 4 rings (SSSR count). The number of carbonyl (C=O) groups is 2. The van der Waals surface area contributed by atoms with E-state index in [2.05, 4.69) is 33.3 Å². The van der Waals surface area contributed by atoms with Gasteiger partial charge in [-0.25, -0.2) is 0 Å². The maximum absolute atomic E-state index is 12.4. The van der Waals surface area contributed by atoms with Gasteiger partial charge < -0.3 is 14.9 Å². The average molecular weight is 371 g/mol. The molecule has 0 bridgehead atoms. The lowest BCUT2D eigenvalue weighted by Crippen LogP contribution is -2.54. The molecule has 1 aromatic rings. The highest BCUT2D eigenvalue weighted by Gasteiger charge is 2.35. The molecule has 2 fully saturated rings. The maximum atomic E-state index is 12.4. The van der Waals surface area contributed by atoms with Crippen LogP contribution in [0.25, 0.3) is 0 Å². The Kier molecular flexibility index (Phi) is 5.34. The van der Waals surface area contributed by atoms with Crippen molar-refractivity contribution in [2.45, 2.75) is 51.0 Å². The molecule has 1 aromatic carbocycles. The zero-order chi connectivity index (χ0) is 18.8. The number of benzene rings is 1. The van der Waals surface area contributed by atoms with Crippen LogP contribution in [0.15, 0.2) is 18.2 Å². The Morgan fingerprint density at radius 3 is 2.56 bits per heavy atom. The van der Waals surface area contributed by atoms with Crippen LogP contribution in [0.4, 0.5) is 11.4 Å². The molecule has 3 heterocycles. The number of rotatable bonds is 4. The smallest absolute Gasteiger partial charge is 0.249 e. The van der Waals surface area contributed by atoms with Crippen LogP contribution in [0, 0.1) is 5.92 Å². The normalized spacial score (nSPS) is 24.0. The summed E-state index contributed by atoms with van der Waals surface area (Å²) in [4.78, 5) is 28.6. The second kappa shape index (κ2) is 7.89. The van der Waals surface area contributed by atoms with Crippen LogP contribution in [0.2, 0.25) is 0 Å². The number of fused-ring (bicyclic) bond motifs is 1. The number of carbonyl (C=O) groups excluding carboxylic acids is 2. The van der Waals surface area contributed by atoms with Gasteiger partial charge in [-0.3, -0.25) is 14.9 Å². The molecule has 2 saturated heterocycles. The largest absolute Gasteiger partial charge is 0.396 e. The highest BCUT2D eigenvalue weighted by atomic mass is 16.3. The highest BCUT2D eigenvalue weighted by Crippen LogP contribution is 2.38. The molecule has 6 heteroatoms. The predicted octanol–water partition coefficient (Wildman–Crippen LogP) is 1.84. The van der Waals surface area contributed by atoms with Crippen LogP contribution >= 0.6 is 0 Å². The zero-order valence-electron chi connectivity index (χ0n) is 15.8. The molecule has 3 aliphatic rings. The van der Waals surface area contributed by atoms with Crippen molar-refractivity contribution in [2.75, 3.05) is 36.0 Å². The third kappa shape index (κ3) is 3.68. The molecule has 2 N–H and O–H groups in total. The number of imide groups is 1. The fraction of sp³-hybridized carbons (Fsp3) is 0.619. The van der Waals surface area contributed by atoms with Gasteiger partial charge in [-0.1, -0.05) is 6.07 Å². The summed E-state index contributed by atoms with van der Waals surface area (Å²) in [7, 11) is 0. The first kappa shape index (κ1) is 18.3. The number of aliphatic hydroxyl groups excluding tert-OH is 1. The van der Waals surface area contributed by atoms with Crippen molar-refractivity contribution in [3.8, 4) is 0 Å². The first-order valence-corrected chi connectivity index (χ1v) is 10.3. The van der Waals surface area contributed by atoms with Gasteiger partial charge in [0, 0.05) is 44.0 Å². The van der Waals surface area contributed by atoms with E-state index in [1.54, 1.807) is 0 Å². The predicted molar refractivity (Wildman–Crippen MR) is 105 cm³/mol. The Labute approximate surface area is 160 Å². The van der Waals surface area contributed by atoms with Gasteiger partial charge >= 0.3 is 0 Å². The Bertz CT molecular complexity index is 713. The van der Waals surface area contributed by atoms with E-state index in [1.807, 2.05) is 0 Å². The van der Waals surface area contributed by atoms with Gasteiger partial charge in [0.15, 0.2) is 0 Å². The van der Waals surface area contributed by atoms with Crippen LogP contribution in [0.3, 0.4) is 0 Å². The van der Waals surface area contributed by atoms with Gasteiger partial charge in [0.25, 0.3) is 0 Å². The quantitative estimate of drug-likeness (QED) is 0.790. The molecule has 6 nitrogen and oxygen atoms in total. The number of anilines is 2. The third-order valence-electron chi connectivity index (χ3n) is 6.34. The van der Waals surface area contributed by atoms with E-state index in [-0.39, 0.29) is 24.5 Å². The fourth-order valence-corrected chi connectivity index (χ4v) is 4.88. The standard InChI is InChI=1S/C21H29N3O3/c25-14-10-15-8-12-23(13-9-15)17-4-1-5-18-16(17)3-2-11-24(18)19-6-7-20(26)22-21(19)27/h1,4-5,15,19,25H,2-3,6-14H2,(H,22,26,27). The average Bonchev–Trinajstić information content (AvgIpc) is 2.68. The van der Waals surface area contributed by atoms with Gasteiger partial charge in [-0.05, 0) is 62.1 Å². The molecular formula is C21H29N3O3. The Morgan fingerprint density at radius 1 is 1.04 bits per heavy atom. The SMILES string of the molecule is O=C1CCC(N2CCCc3c(N4CCC(CCO)CC4)cccc32)C(=O)N1. The number of nitrogens with zero attached hydrogens (tertiary/aromatic N) is 2. The van der Waals surface area contributed by atoms with Gasteiger partial charge in [0.2, 0.25) is 11.8 Å². The van der Waals surface area contributed by atoms with Crippen molar-refractivity contribution < 1.29 is 14.7 Å². The molecule has 146 valence electrons. The molecule has 0 radical (unpaired) electrons. The van der Waals surface area contributed by atoms with Gasteiger partial charge in [-0.15, -0.1) is 0 Å². The van der Waals surface area contributed by atoms with Crippen LogP contribution in [0.1, 0.15) is 44.1 Å². The van der Waals surface area contributed by atoms with Crippen LogP contribution < -0.4 is 15.1 Å². The van der Waals surface area contributed by atoms with Crippen molar-refractivity contribution >= 4 is 23.2 Å². The summed E-state index contributed by atoms with van der Waals surface area (Å²) in [6.45, 7) is 3.20. The molecule has 0 spiro atoms. The van der Waals surface area contributed by atoms with E-state index in [4.69, 9.17) is 0 Å². The molecule has 0 aromatic heterocycles. The Morgan fingerprint density at radius 2 is 1.81 bits per heavy atom. The van der Waals surface area contributed by atoms with E-state index < -0.39 is 0 Å². The van der Waals surface area contributed by atoms with E-state index >= 15 is 0 Å². The van der Waals surface area contributed by atoms with Crippen molar-refractivity contribution in [2.24, 2.45) is 5.92 Å². The first-order valence-electron chi connectivity index (χ1n) is 10.3. The number of piperidine rings is 2. The molecule has 1 atom stereocenters. The summed E-state index contributed by atoms with van der Waals surface area (Å²) in [5.41, 5.74) is 3.80. The van der Waals surface area contributed by atoms with Crippen LogP contribution in [0.5, 0.6) is 0 Å². The second-order valence-electron chi connectivity index (χ2n) is 7.98. The number of hydrogen-bond donors (Lipinski definition) is 2. The molecule has 27 heavy (non-hydrogen) atoms. The summed E-state index contributed by atoms with van der Waals surface area (Å²) in [6.07, 6.45) is 6.24. The fourth-order valence-electron chi connectivity index (χ4n) is 4.88. The molecule has 0 saturated carbocycles. The Balaban J connectivity index is 1.56. The molecule has 3 aliphatic heterocycles. The van der Waals surface area contributed by atoms with Crippen LogP contribution in [-0.4, -0.2) is 49.2 Å². The summed E-state index contributed by atoms with van der Waals surface area (Å²) in [6, 6.07) is 6.18. The van der Waals surface area contributed by atoms with Crippen molar-refractivity contribution in [1.29, 1.82) is 0 Å². The van der Waals surface area contributed by atoms with Gasteiger partial charge in [0.05, 0.1) is 0 Å². The molecule has 2 amide bonds. The third-order valence-corrected chi connectivity index (χ3v) is 6.34. The van der Waals surface area contributed by atoms with Gasteiger partial charge in [0.1, 0.15) is 6.04 Å². The lowest BCUT2D eigenvalue weighted by molar-refractivity contribution is -0.134. The van der Waals surface area contributed by atoms with E-state index in [1.165, 1.54) is 11.3 Å². The minimum atomic E-state index is -0.243. The first-order chi connectivity index (χ1) is 13.2. The van der Waals surface area contributed by atoms with Crippen LogP contribution in [-0.2, 0) is 16.0 Å². The summed E-state index contributed by atoms with van der Waals surface area (Å²) < 4.78 is 0. The monoisotopic (exact) mass is 371 g/mol. The summed E-state index contributed by atoms with van der Waals surface area (Å²) >= 11 is 0. The maximum Gasteiger partial charge on any atom is 0.249 e. The number of amides is 2. The van der Waals surface area contributed by atoms with Crippen molar-refractivity contribution in [3.63, 3.8) is 0 Å². The minimum absolute atomic E-state index is 0.158. The lowest BCUT2D eigenvalue weighted by Gasteiger charge is -2.41. The number of aliphatic hydroxyl groups is 1. The molecule has 0 aliphatic carbocycles. The molecular weight excluding hydrogens is 342 g/mol. The minimum Gasteiger partial charge on any atom is -0.396 e. The van der Waals surface area contributed by atoms with Gasteiger partial charge in [-0.2, -0.15) is 0 Å². The zero-order valence-corrected chi connectivity index (χ0v) is 15.8. The number of nitrogens with one attached hydrogen (secondary N) is 1. The van der Waals surface area contributed by atoms with Crippen molar-refractivity contribution in [3.05, 3.63) is 23.8 Å². The Hall–Kier alpha value is -2.08. The van der Waals surface area contributed by atoms with E-state index in [0.717, 1.165) is 57.4 Å². The lowest BCUT2D eigenvalue weighted by atomic mass is 9.91. The summed E-state index contributed by atoms with van der Waals surface area (Å²) in [5, 5.41) is 11.7. The van der Waals surface area contributed by atoms with E-state index in [9.17, 15) is 14.7 Å². The molecule has 1 unspecified atom stereocenters. The topological polar surface area (TPSA) is 72.9 Å². The van der Waals surface area contributed by atoms with E-state index in [0.29, 0.717) is 18.8 Å². The second-order valence-corrected chi connectivity index (χ2v) is 7.98. The highest BCUT2D eigenvalue weighted by molar-refractivity contribution is 6.01. The summed E-state index contributed by atoms with van der Waals surface area (Å²) in [5.74, 6) is 0.313. The number of hydrogen-bond acceptors (Lipinski definition) is 5. The van der Waals surface area contributed by atoms with Crippen molar-refractivity contribution in [1.82, 2.24) is 5.32 Å².